The smallest absolute Gasteiger partial charge is 0.324 e. The number of nitro groups is 1. The van der Waals surface area contributed by atoms with E-state index in [1.165, 1.54) is 30.7 Å². The van der Waals surface area contributed by atoms with E-state index in [1.807, 2.05) is 0 Å². The molecule has 0 atom stereocenters. The van der Waals surface area contributed by atoms with Crippen LogP contribution in [-0.2, 0) is 4.79 Å². The van der Waals surface area contributed by atoms with E-state index in [0.717, 1.165) is 11.3 Å². The lowest BCUT2D eigenvalue weighted by atomic mass is 10.4. The molecule has 9 nitrogen and oxygen atoms in total. The van der Waals surface area contributed by atoms with Gasteiger partial charge in [0.1, 0.15) is 0 Å². The Morgan fingerprint density at radius 1 is 1.41 bits per heavy atom. The van der Waals surface area contributed by atoms with Crippen LogP contribution in [0.5, 0.6) is 0 Å². The number of nitrogens with zero attached hydrogens (tertiary/aromatic N) is 2. The molecule has 2 heterocycles. The molecule has 2 aromatic heterocycles. The van der Waals surface area contributed by atoms with Crippen molar-refractivity contribution in [2.45, 2.75) is 0 Å². The maximum Gasteiger partial charge on any atom is 0.324 e. The Morgan fingerprint density at radius 3 is 2.86 bits per heavy atom. The molecule has 0 spiro atoms. The zero-order valence-electron chi connectivity index (χ0n) is 11.0. The number of nitrogens with one attached hydrogen (secondary N) is 2. The zero-order chi connectivity index (χ0) is 15.9. The van der Waals surface area contributed by atoms with Gasteiger partial charge in [-0.15, -0.1) is 0 Å². The fourth-order valence-corrected chi connectivity index (χ4v) is 2.07. The van der Waals surface area contributed by atoms with Gasteiger partial charge >= 0.3 is 5.00 Å². The van der Waals surface area contributed by atoms with Crippen molar-refractivity contribution in [3.8, 4) is 0 Å². The largest absolute Gasteiger partial charge is 0.459 e. The number of furan rings is 1. The van der Waals surface area contributed by atoms with Crippen LogP contribution in [0.1, 0.15) is 15.4 Å². The third-order valence-electron chi connectivity index (χ3n) is 2.33. The molecule has 0 aliphatic carbocycles. The number of thiophene rings is 1. The van der Waals surface area contributed by atoms with Crippen LogP contribution in [0.2, 0.25) is 0 Å². The lowest BCUT2D eigenvalue weighted by Gasteiger charge is -2.01. The molecule has 0 unspecified atom stereocenters. The summed E-state index contributed by atoms with van der Waals surface area (Å²) in [5.41, 5.74) is 2.19. The molecule has 2 N–H and O–H groups in total. The number of hydrazone groups is 1. The van der Waals surface area contributed by atoms with Crippen LogP contribution in [0.25, 0.3) is 0 Å². The molecule has 2 aromatic rings. The second-order valence-corrected chi connectivity index (χ2v) is 4.98. The van der Waals surface area contributed by atoms with Crippen molar-refractivity contribution in [3.05, 3.63) is 51.3 Å². The van der Waals surface area contributed by atoms with E-state index in [9.17, 15) is 19.7 Å². The van der Waals surface area contributed by atoms with Crippen molar-refractivity contribution in [2.75, 3.05) is 6.54 Å². The normalized spacial score (nSPS) is 10.5. The first-order valence-corrected chi connectivity index (χ1v) is 6.76. The zero-order valence-corrected chi connectivity index (χ0v) is 11.8. The van der Waals surface area contributed by atoms with Crippen LogP contribution >= 0.6 is 11.3 Å². The SMILES string of the molecule is O=C(CNC(=O)c1ccco1)NN=Cc1ccc([N+](=O)[O-])s1. The first kappa shape index (κ1) is 15.4. The predicted molar refractivity (Wildman–Crippen MR) is 77.8 cm³/mol. The Labute approximate surface area is 127 Å². The minimum absolute atomic E-state index is 0.0153. The standard InChI is InChI=1S/C12H10N4O5S/c17-10(7-13-12(18)9-2-1-5-21-9)15-14-6-8-3-4-11(22-8)16(19)20/h1-6H,7H2,(H,13,18)(H,15,17). The van der Waals surface area contributed by atoms with Gasteiger partial charge in [0.2, 0.25) is 0 Å². The summed E-state index contributed by atoms with van der Waals surface area (Å²) >= 11 is 0.927. The number of amides is 2. The van der Waals surface area contributed by atoms with Gasteiger partial charge in [-0.1, -0.05) is 11.3 Å². The Balaban J connectivity index is 1.76. The fourth-order valence-electron chi connectivity index (χ4n) is 1.37. The van der Waals surface area contributed by atoms with Crippen LogP contribution in [0.4, 0.5) is 5.00 Å². The number of carbonyl (C=O) groups excluding carboxylic acids is 2. The van der Waals surface area contributed by atoms with E-state index in [1.54, 1.807) is 6.07 Å². The molecule has 0 radical (unpaired) electrons. The lowest BCUT2D eigenvalue weighted by Crippen LogP contribution is -2.34. The van der Waals surface area contributed by atoms with E-state index in [2.05, 4.69) is 15.8 Å². The van der Waals surface area contributed by atoms with Crippen LogP contribution in [0.15, 0.2) is 40.0 Å². The second kappa shape index (κ2) is 7.13. The number of hydrogen-bond donors (Lipinski definition) is 2. The molecule has 2 amide bonds. The summed E-state index contributed by atoms with van der Waals surface area (Å²) in [7, 11) is 0. The summed E-state index contributed by atoms with van der Waals surface area (Å²) in [5, 5.41) is 16.5. The average molecular weight is 322 g/mol. The summed E-state index contributed by atoms with van der Waals surface area (Å²) in [5.74, 6) is -0.956. The molecule has 22 heavy (non-hydrogen) atoms. The molecule has 2 rings (SSSR count). The van der Waals surface area contributed by atoms with Gasteiger partial charge < -0.3 is 9.73 Å². The molecule has 0 saturated carbocycles. The summed E-state index contributed by atoms with van der Waals surface area (Å²) in [6.45, 7) is -0.276. The van der Waals surface area contributed by atoms with Crippen molar-refractivity contribution in [3.63, 3.8) is 0 Å². The number of hydrogen-bond acceptors (Lipinski definition) is 7. The van der Waals surface area contributed by atoms with Crippen molar-refractivity contribution in [1.29, 1.82) is 0 Å². The van der Waals surface area contributed by atoms with Gasteiger partial charge in [0.25, 0.3) is 11.8 Å². The Kier molecular flexibility index (Phi) is 4.98. The molecule has 0 fully saturated rings. The molecule has 0 aliphatic rings. The van der Waals surface area contributed by atoms with Crippen molar-refractivity contribution < 1.29 is 18.9 Å². The number of carbonyl (C=O) groups is 2. The minimum Gasteiger partial charge on any atom is -0.459 e. The van der Waals surface area contributed by atoms with Gasteiger partial charge in [-0.2, -0.15) is 5.10 Å². The molecule has 0 saturated heterocycles. The Morgan fingerprint density at radius 2 is 2.23 bits per heavy atom. The highest BCUT2D eigenvalue weighted by molar-refractivity contribution is 7.16. The fraction of sp³-hybridized carbons (Fsp3) is 0.0833. The summed E-state index contributed by atoms with van der Waals surface area (Å²) in [6.07, 6.45) is 2.63. The van der Waals surface area contributed by atoms with Gasteiger partial charge in [-0.3, -0.25) is 19.7 Å². The topological polar surface area (TPSA) is 127 Å². The molecule has 0 aromatic carbocycles. The second-order valence-electron chi connectivity index (χ2n) is 3.89. The summed E-state index contributed by atoms with van der Waals surface area (Å²) in [6, 6.07) is 5.88. The minimum atomic E-state index is -0.540. The van der Waals surface area contributed by atoms with E-state index < -0.39 is 16.7 Å². The van der Waals surface area contributed by atoms with Gasteiger partial charge in [0.15, 0.2) is 5.76 Å². The highest BCUT2D eigenvalue weighted by Crippen LogP contribution is 2.22. The first-order chi connectivity index (χ1) is 10.6. The van der Waals surface area contributed by atoms with Crippen LogP contribution in [-0.4, -0.2) is 29.5 Å². The monoisotopic (exact) mass is 322 g/mol. The number of rotatable bonds is 6. The van der Waals surface area contributed by atoms with Gasteiger partial charge in [-0.25, -0.2) is 5.43 Å². The molecular weight excluding hydrogens is 312 g/mol. The highest BCUT2D eigenvalue weighted by atomic mass is 32.1. The van der Waals surface area contributed by atoms with Crippen LogP contribution in [0.3, 0.4) is 0 Å². The van der Waals surface area contributed by atoms with E-state index in [-0.39, 0.29) is 17.3 Å². The molecule has 0 aliphatic heterocycles. The van der Waals surface area contributed by atoms with Crippen molar-refractivity contribution in [2.24, 2.45) is 5.10 Å². The van der Waals surface area contributed by atoms with Crippen LogP contribution < -0.4 is 10.7 Å². The van der Waals surface area contributed by atoms with E-state index in [0.29, 0.717) is 4.88 Å². The summed E-state index contributed by atoms with van der Waals surface area (Å²) in [4.78, 5) is 33.4. The van der Waals surface area contributed by atoms with Crippen molar-refractivity contribution in [1.82, 2.24) is 10.7 Å². The van der Waals surface area contributed by atoms with Crippen LogP contribution in [0, 0.1) is 10.1 Å². The van der Waals surface area contributed by atoms with Gasteiger partial charge in [-0.05, 0) is 18.2 Å². The first-order valence-electron chi connectivity index (χ1n) is 5.94. The third kappa shape index (κ3) is 4.24. The average Bonchev–Trinajstić information content (AvgIpc) is 3.16. The molecule has 114 valence electrons. The molecular formula is C12H10N4O5S. The Bertz CT molecular complexity index is 707. The predicted octanol–water partition coefficient (Wildman–Crippen LogP) is 1.13. The third-order valence-corrected chi connectivity index (χ3v) is 3.30. The quantitative estimate of drug-likeness (QED) is 0.468. The van der Waals surface area contributed by atoms with E-state index >= 15 is 0 Å². The van der Waals surface area contributed by atoms with E-state index in [4.69, 9.17) is 4.42 Å². The highest BCUT2D eigenvalue weighted by Gasteiger charge is 2.10. The maximum atomic E-state index is 11.5. The Hall–Kier alpha value is -3.01. The maximum absolute atomic E-state index is 11.5. The van der Waals surface area contributed by atoms with Gasteiger partial charge in [0.05, 0.1) is 28.8 Å². The van der Waals surface area contributed by atoms with Gasteiger partial charge in [0, 0.05) is 6.07 Å². The molecule has 0 bridgehead atoms. The summed E-state index contributed by atoms with van der Waals surface area (Å²) < 4.78 is 4.86. The lowest BCUT2D eigenvalue weighted by molar-refractivity contribution is -0.380. The molecule has 10 heteroatoms. The van der Waals surface area contributed by atoms with Crippen molar-refractivity contribution >= 4 is 34.4 Å².